The van der Waals surface area contributed by atoms with E-state index in [9.17, 15) is 5.11 Å². The molecule has 0 aromatic carbocycles. The van der Waals surface area contributed by atoms with Crippen molar-refractivity contribution in [1.82, 2.24) is 4.98 Å². The quantitative estimate of drug-likeness (QED) is 0.841. The summed E-state index contributed by atoms with van der Waals surface area (Å²) in [4.78, 5) is 7.03. The number of aromatic nitrogens is 1. The average molecular weight is 250 g/mol. The summed E-state index contributed by atoms with van der Waals surface area (Å²) in [6, 6.07) is 4.47. The first-order chi connectivity index (χ1) is 8.53. The van der Waals surface area contributed by atoms with Gasteiger partial charge in [-0.3, -0.25) is 0 Å². The van der Waals surface area contributed by atoms with Crippen molar-refractivity contribution in [3.05, 3.63) is 23.4 Å². The van der Waals surface area contributed by atoms with E-state index < -0.39 is 0 Å². The second kappa shape index (κ2) is 6.74. The van der Waals surface area contributed by atoms with Gasteiger partial charge in [0.05, 0.1) is 6.61 Å². The van der Waals surface area contributed by atoms with Crippen molar-refractivity contribution in [2.24, 2.45) is 0 Å². The van der Waals surface area contributed by atoms with Gasteiger partial charge >= 0.3 is 0 Å². The number of aliphatic hydroxyl groups excluding tert-OH is 1. The molecular formula is C15H26N2O. The summed E-state index contributed by atoms with van der Waals surface area (Å²) in [5.74, 6) is 1.37. The molecule has 1 rings (SSSR count). The summed E-state index contributed by atoms with van der Waals surface area (Å²) in [5, 5.41) is 9.37. The number of rotatable bonds is 6. The smallest absolute Gasteiger partial charge is 0.129 e. The molecule has 0 bridgehead atoms. The zero-order valence-corrected chi connectivity index (χ0v) is 12.3. The molecule has 1 N–H and O–H groups in total. The molecule has 0 aliphatic carbocycles. The number of pyridine rings is 1. The fourth-order valence-electron chi connectivity index (χ4n) is 2.05. The molecule has 1 unspecified atom stereocenters. The van der Waals surface area contributed by atoms with Gasteiger partial charge in [0.25, 0.3) is 0 Å². The average Bonchev–Trinajstić information content (AvgIpc) is 2.38. The molecule has 3 nitrogen and oxygen atoms in total. The lowest BCUT2D eigenvalue weighted by atomic mass is 10.1. The van der Waals surface area contributed by atoms with Gasteiger partial charge in [-0.2, -0.15) is 0 Å². The highest BCUT2D eigenvalue weighted by Crippen LogP contribution is 2.22. The van der Waals surface area contributed by atoms with E-state index in [4.69, 9.17) is 4.98 Å². The van der Waals surface area contributed by atoms with E-state index >= 15 is 0 Å². The number of hydrogen-bond acceptors (Lipinski definition) is 3. The van der Waals surface area contributed by atoms with Crippen molar-refractivity contribution >= 4 is 5.82 Å². The van der Waals surface area contributed by atoms with Crippen LogP contribution in [0.25, 0.3) is 0 Å². The number of anilines is 1. The fraction of sp³-hybridized carbons (Fsp3) is 0.667. The maximum absolute atomic E-state index is 9.37. The highest BCUT2D eigenvalue weighted by Gasteiger charge is 2.15. The first kappa shape index (κ1) is 15.0. The molecular weight excluding hydrogens is 224 g/mol. The molecule has 0 fully saturated rings. The van der Waals surface area contributed by atoms with Crippen LogP contribution in [-0.4, -0.2) is 22.7 Å². The van der Waals surface area contributed by atoms with Crippen LogP contribution in [0.2, 0.25) is 0 Å². The molecule has 0 saturated heterocycles. The third kappa shape index (κ3) is 3.45. The normalized spacial score (nSPS) is 12.8. The monoisotopic (exact) mass is 250 g/mol. The van der Waals surface area contributed by atoms with Crippen LogP contribution in [0, 0.1) is 0 Å². The summed E-state index contributed by atoms with van der Waals surface area (Å²) in [5.41, 5.74) is 2.00. The molecule has 1 heterocycles. The van der Waals surface area contributed by atoms with E-state index in [-0.39, 0.29) is 6.61 Å². The van der Waals surface area contributed by atoms with E-state index in [1.165, 1.54) is 0 Å². The van der Waals surface area contributed by atoms with E-state index in [1.807, 2.05) is 12.1 Å². The van der Waals surface area contributed by atoms with E-state index in [0.717, 1.165) is 30.0 Å². The second-order valence-corrected chi connectivity index (χ2v) is 5.11. The zero-order chi connectivity index (χ0) is 13.7. The molecule has 0 amide bonds. The highest BCUT2D eigenvalue weighted by atomic mass is 16.3. The highest BCUT2D eigenvalue weighted by molar-refractivity contribution is 5.44. The fourth-order valence-corrected chi connectivity index (χ4v) is 2.05. The molecule has 3 heteroatoms. The van der Waals surface area contributed by atoms with Gasteiger partial charge in [0.1, 0.15) is 5.82 Å². The number of aliphatic hydroxyl groups is 1. The third-order valence-corrected chi connectivity index (χ3v) is 3.42. The van der Waals surface area contributed by atoms with Crippen molar-refractivity contribution in [2.45, 2.75) is 59.6 Å². The van der Waals surface area contributed by atoms with Crippen LogP contribution in [0.4, 0.5) is 5.82 Å². The Hall–Kier alpha value is -1.09. The molecule has 1 aromatic heterocycles. The molecule has 1 atom stereocenters. The standard InChI is InChI=1S/C15H26N2O/c1-6-12(5)17(7-2)15-9-13(10-18)8-14(16-15)11(3)4/h8-9,11-12,18H,6-7,10H2,1-5H3. The van der Waals surface area contributed by atoms with Gasteiger partial charge in [-0.05, 0) is 43.9 Å². The van der Waals surface area contributed by atoms with Gasteiger partial charge in [-0.25, -0.2) is 4.98 Å². The summed E-state index contributed by atoms with van der Waals surface area (Å²) in [6.07, 6.45) is 1.09. The Morgan fingerprint density at radius 2 is 1.89 bits per heavy atom. The van der Waals surface area contributed by atoms with Crippen molar-refractivity contribution in [3.63, 3.8) is 0 Å². The number of hydrogen-bond donors (Lipinski definition) is 1. The Balaban J connectivity index is 3.16. The predicted molar refractivity (Wildman–Crippen MR) is 77.0 cm³/mol. The summed E-state index contributed by atoms with van der Waals surface area (Å²) >= 11 is 0. The predicted octanol–water partition coefficient (Wildman–Crippen LogP) is 3.32. The van der Waals surface area contributed by atoms with Crippen LogP contribution >= 0.6 is 0 Å². The molecule has 0 saturated carbocycles. The molecule has 0 radical (unpaired) electrons. The lowest BCUT2D eigenvalue weighted by Crippen LogP contribution is -2.33. The Kier molecular flexibility index (Phi) is 5.60. The summed E-state index contributed by atoms with van der Waals surface area (Å²) in [7, 11) is 0. The minimum atomic E-state index is 0.0767. The summed E-state index contributed by atoms with van der Waals surface area (Å²) in [6.45, 7) is 11.8. The molecule has 102 valence electrons. The largest absolute Gasteiger partial charge is 0.392 e. The van der Waals surface area contributed by atoms with Crippen molar-refractivity contribution in [2.75, 3.05) is 11.4 Å². The first-order valence-electron chi connectivity index (χ1n) is 6.91. The maximum Gasteiger partial charge on any atom is 0.129 e. The lowest BCUT2D eigenvalue weighted by Gasteiger charge is -2.29. The Labute approximate surface area is 111 Å². The Morgan fingerprint density at radius 1 is 1.22 bits per heavy atom. The van der Waals surface area contributed by atoms with E-state index in [1.54, 1.807) is 0 Å². The van der Waals surface area contributed by atoms with Gasteiger partial charge in [-0.15, -0.1) is 0 Å². The van der Waals surface area contributed by atoms with E-state index in [2.05, 4.69) is 39.5 Å². The maximum atomic E-state index is 9.37. The SMILES string of the molecule is CCC(C)N(CC)c1cc(CO)cc(C(C)C)n1. The van der Waals surface area contributed by atoms with Crippen LogP contribution in [0.15, 0.2) is 12.1 Å². The Bertz CT molecular complexity index is 377. The minimum absolute atomic E-state index is 0.0767. The zero-order valence-electron chi connectivity index (χ0n) is 12.3. The number of nitrogens with zero attached hydrogens (tertiary/aromatic N) is 2. The van der Waals surface area contributed by atoms with Gasteiger partial charge in [0.2, 0.25) is 0 Å². The molecule has 0 spiro atoms. The van der Waals surface area contributed by atoms with Crippen LogP contribution < -0.4 is 4.90 Å². The molecule has 18 heavy (non-hydrogen) atoms. The Morgan fingerprint density at radius 3 is 2.33 bits per heavy atom. The topological polar surface area (TPSA) is 36.4 Å². The van der Waals surface area contributed by atoms with Crippen molar-refractivity contribution in [3.8, 4) is 0 Å². The van der Waals surface area contributed by atoms with Gasteiger partial charge in [0.15, 0.2) is 0 Å². The van der Waals surface area contributed by atoms with Crippen molar-refractivity contribution < 1.29 is 5.11 Å². The van der Waals surface area contributed by atoms with E-state index in [0.29, 0.717) is 12.0 Å². The second-order valence-electron chi connectivity index (χ2n) is 5.11. The van der Waals surface area contributed by atoms with Crippen LogP contribution in [0.3, 0.4) is 0 Å². The van der Waals surface area contributed by atoms with Gasteiger partial charge in [-0.1, -0.05) is 20.8 Å². The van der Waals surface area contributed by atoms with Crippen LogP contribution in [0.1, 0.15) is 58.2 Å². The molecule has 1 aromatic rings. The van der Waals surface area contributed by atoms with Gasteiger partial charge < -0.3 is 10.0 Å². The molecule has 0 aliphatic rings. The first-order valence-corrected chi connectivity index (χ1v) is 6.91. The lowest BCUT2D eigenvalue weighted by molar-refractivity contribution is 0.281. The van der Waals surface area contributed by atoms with Crippen LogP contribution in [0.5, 0.6) is 0 Å². The molecule has 0 aliphatic heterocycles. The van der Waals surface area contributed by atoms with Gasteiger partial charge in [0, 0.05) is 18.3 Å². The van der Waals surface area contributed by atoms with Crippen molar-refractivity contribution in [1.29, 1.82) is 0 Å². The minimum Gasteiger partial charge on any atom is -0.392 e. The summed E-state index contributed by atoms with van der Waals surface area (Å²) < 4.78 is 0. The third-order valence-electron chi connectivity index (χ3n) is 3.42. The van der Waals surface area contributed by atoms with Crippen LogP contribution in [-0.2, 0) is 6.61 Å².